The average Bonchev–Trinajstić information content (AvgIpc) is 2.39. The minimum atomic E-state index is 0.455. The van der Waals surface area contributed by atoms with Gasteiger partial charge >= 0.3 is 0 Å². The summed E-state index contributed by atoms with van der Waals surface area (Å²) in [7, 11) is 0. The first-order valence-corrected chi connectivity index (χ1v) is 7.71. The molecule has 2 heteroatoms. The third-order valence-corrected chi connectivity index (χ3v) is 4.26. The Morgan fingerprint density at radius 1 is 1.16 bits per heavy atom. The van der Waals surface area contributed by atoms with Gasteiger partial charge in [-0.3, -0.25) is 0 Å². The number of benzene rings is 1. The van der Waals surface area contributed by atoms with E-state index in [1.165, 1.54) is 43.5 Å². The van der Waals surface area contributed by atoms with Crippen molar-refractivity contribution in [3.63, 3.8) is 0 Å². The van der Waals surface area contributed by atoms with Gasteiger partial charge in [-0.2, -0.15) is 0 Å². The van der Waals surface area contributed by atoms with E-state index in [2.05, 4.69) is 24.8 Å². The van der Waals surface area contributed by atoms with Crippen LogP contribution in [0.25, 0.3) is 0 Å². The topological polar surface area (TPSA) is 23.5 Å². The zero-order chi connectivity index (χ0) is 13.8. The number of nitrogens with zero attached hydrogens (tertiary/aromatic N) is 1. The molecule has 0 aromatic heterocycles. The lowest BCUT2D eigenvalue weighted by Crippen LogP contribution is -2.40. The van der Waals surface area contributed by atoms with Crippen molar-refractivity contribution in [2.75, 3.05) is 13.1 Å². The van der Waals surface area contributed by atoms with Crippen molar-refractivity contribution < 1.29 is 5.11 Å². The van der Waals surface area contributed by atoms with Gasteiger partial charge in [0.15, 0.2) is 0 Å². The highest BCUT2D eigenvalue weighted by atomic mass is 16.3. The van der Waals surface area contributed by atoms with E-state index in [0.29, 0.717) is 11.8 Å². The van der Waals surface area contributed by atoms with Crippen molar-refractivity contribution in [2.24, 2.45) is 0 Å². The van der Waals surface area contributed by atoms with Crippen LogP contribution >= 0.6 is 0 Å². The molecule has 1 aromatic carbocycles. The van der Waals surface area contributed by atoms with Gasteiger partial charge in [0.25, 0.3) is 0 Å². The second-order valence-electron chi connectivity index (χ2n) is 5.84. The van der Waals surface area contributed by atoms with Crippen molar-refractivity contribution in [3.05, 3.63) is 28.8 Å². The number of fused-ring (bicyclic) bond motifs is 1. The number of phenols is 1. The smallest absolute Gasteiger partial charge is 0.118 e. The summed E-state index contributed by atoms with van der Waals surface area (Å²) in [5.41, 5.74) is 3.81. The predicted octanol–water partition coefficient (Wildman–Crippen LogP) is 3.68. The third kappa shape index (κ3) is 3.30. The quantitative estimate of drug-likeness (QED) is 0.874. The summed E-state index contributed by atoms with van der Waals surface area (Å²) in [6, 6.07) is 4.83. The van der Waals surface area contributed by atoms with Crippen LogP contribution in [0.1, 0.15) is 49.8 Å². The molecule has 0 heterocycles. The van der Waals surface area contributed by atoms with Crippen LogP contribution < -0.4 is 0 Å². The largest absolute Gasteiger partial charge is 0.508 e. The molecule has 1 aliphatic carbocycles. The normalized spacial score (nSPS) is 18.6. The molecule has 1 aromatic rings. The summed E-state index contributed by atoms with van der Waals surface area (Å²) in [5, 5.41) is 9.89. The second-order valence-corrected chi connectivity index (χ2v) is 5.84. The van der Waals surface area contributed by atoms with Gasteiger partial charge in [0.2, 0.25) is 0 Å². The molecular formula is C17H27NO. The van der Waals surface area contributed by atoms with Crippen LogP contribution in [-0.4, -0.2) is 29.1 Å². The predicted molar refractivity (Wildman–Crippen MR) is 80.8 cm³/mol. The Kier molecular flexibility index (Phi) is 4.87. The van der Waals surface area contributed by atoms with E-state index in [-0.39, 0.29) is 0 Å². The maximum Gasteiger partial charge on any atom is 0.118 e. The molecule has 106 valence electrons. The highest BCUT2D eigenvalue weighted by molar-refractivity contribution is 5.42. The fourth-order valence-electron chi connectivity index (χ4n) is 3.26. The molecule has 0 fully saturated rings. The number of rotatable bonds is 5. The van der Waals surface area contributed by atoms with Crippen LogP contribution in [0.15, 0.2) is 12.1 Å². The Bertz CT molecular complexity index is 422. The van der Waals surface area contributed by atoms with E-state index in [1.807, 2.05) is 13.0 Å². The first-order chi connectivity index (χ1) is 9.15. The maximum absolute atomic E-state index is 9.89. The summed E-state index contributed by atoms with van der Waals surface area (Å²) < 4.78 is 0. The standard InChI is InChI=1S/C17H27NO/c1-4-8-18(9-5-2)16-7-6-14-10-13(3)17(19)12-15(14)11-16/h10,12,16,19H,4-9,11H2,1-3H3/t16-/m1/s1. The Morgan fingerprint density at radius 3 is 2.47 bits per heavy atom. The van der Waals surface area contributed by atoms with Gasteiger partial charge in [0.05, 0.1) is 0 Å². The van der Waals surface area contributed by atoms with Crippen molar-refractivity contribution >= 4 is 0 Å². The van der Waals surface area contributed by atoms with E-state index in [9.17, 15) is 5.11 Å². The SMILES string of the molecule is CCCN(CCC)[C@@H]1CCc2cc(C)c(O)cc2C1. The third-order valence-electron chi connectivity index (χ3n) is 4.26. The minimum Gasteiger partial charge on any atom is -0.508 e. The zero-order valence-electron chi connectivity index (χ0n) is 12.6. The van der Waals surface area contributed by atoms with Gasteiger partial charge in [-0.25, -0.2) is 0 Å². The van der Waals surface area contributed by atoms with Gasteiger partial charge < -0.3 is 10.0 Å². The summed E-state index contributed by atoms with van der Waals surface area (Å²) in [5.74, 6) is 0.455. The second kappa shape index (κ2) is 6.42. The molecule has 0 unspecified atom stereocenters. The van der Waals surface area contributed by atoms with Crippen molar-refractivity contribution in [2.45, 2.75) is 58.9 Å². The number of phenolic OH excluding ortho intramolecular Hbond substituents is 1. The number of aromatic hydroxyl groups is 1. The average molecular weight is 261 g/mol. The van der Waals surface area contributed by atoms with Crippen molar-refractivity contribution in [1.82, 2.24) is 4.90 Å². The summed E-state index contributed by atoms with van der Waals surface area (Å²) in [6.07, 6.45) is 5.97. The molecule has 0 spiro atoms. The maximum atomic E-state index is 9.89. The van der Waals surface area contributed by atoms with Gasteiger partial charge in [-0.15, -0.1) is 0 Å². The molecule has 1 atom stereocenters. The minimum absolute atomic E-state index is 0.455. The lowest BCUT2D eigenvalue weighted by Gasteiger charge is -2.35. The molecule has 0 saturated heterocycles. The first kappa shape index (κ1) is 14.4. The molecule has 1 aliphatic rings. The van der Waals surface area contributed by atoms with Crippen LogP contribution in [0, 0.1) is 6.92 Å². The van der Waals surface area contributed by atoms with E-state index < -0.39 is 0 Å². The molecule has 0 amide bonds. The Labute approximate surface area is 117 Å². The number of aryl methyl sites for hydroxylation is 2. The first-order valence-electron chi connectivity index (χ1n) is 7.71. The van der Waals surface area contributed by atoms with Crippen molar-refractivity contribution in [1.29, 1.82) is 0 Å². The molecule has 2 nitrogen and oxygen atoms in total. The fraction of sp³-hybridized carbons (Fsp3) is 0.647. The Morgan fingerprint density at radius 2 is 1.84 bits per heavy atom. The van der Waals surface area contributed by atoms with E-state index in [0.717, 1.165) is 18.4 Å². The molecule has 19 heavy (non-hydrogen) atoms. The molecule has 2 rings (SSSR count). The van der Waals surface area contributed by atoms with Gasteiger partial charge in [-0.1, -0.05) is 19.9 Å². The summed E-state index contributed by atoms with van der Waals surface area (Å²) >= 11 is 0. The van der Waals surface area contributed by atoms with Gasteiger partial charge in [0.1, 0.15) is 5.75 Å². The fourth-order valence-corrected chi connectivity index (χ4v) is 3.26. The van der Waals surface area contributed by atoms with Crippen LogP contribution in [-0.2, 0) is 12.8 Å². The van der Waals surface area contributed by atoms with E-state index in [4.69, 9.17) is 0 Å². The molecule has 0 bridgehead atoms. The molecule has 0 aliphatic heterocycles. The van der Waals surface area contributed by atoms with Crippen LogP contribution in [0.4, 0.5) is 0 Å². The van der Waals surface area contributed by atoms with Crippen LogP contribution in [0.5, 0.6) is 5.75 Å². The molecule has 1 N–H and O–H groups in total. The molecule has 0 saturated carbocycles. The Balaban J connectivity index is 2.14. The van der Waals surface area contributed by atoms with Crippen molar-refractivity contribution in [3.8, 4) is 5.75 Å². The van der Waals surface area contributed by atoms with Gasteiger partial charge in [-0.05, 0) is 74.9 Å². The monoisotopic (exact) mass is 261 g/mol. The number of hydrogen-bond donors (Lipinski definition) is 1. The molecule has 0 radical (unpaired) electrons. The summed E-state index contributed by atoms with van der Waals surface area (Å²) in [4.78, 5) is 2.64. The summed E-state index contributed by atoms with van der Waals surface area (Å²) in [6.45, 7) is 8.91. The highest BCUT2D eigenvalue weighted by Gasteiger charge is 2.24. The van der Waals surface area contributed by atoms with Gasteiger partial charge in [0, 0.05) is 6.04 Å². The van der Waals surface area contributed by atoms with E-state index in [1.54, 1.807) is 0 Å². The number of hydrogen-bond acceptors (Lipinski definition) is 2. The van der Waals surface area contributed by atoms with E-state index >= 15 is 0 Å². The lowest BCUT2D eigenvalue weighted by molar-refractivity contribution is 0.180. The lowest BCUT2D eigenvalue weighted by atomic mass is 9.86. The van der Waals surface area contributed by atoms with Crippen LogP contribution in [0.2, 0.25) is 0 Å². The zero-order valence-corrected chi connectivity index (χ0v) is 12.6. The van der Waals surface area contributed by atoms with Crippen LogP contribution in [0.3, 0.4) is 0 Å². The Hall–Kier alpha value is -1.02. The molecular weight excluding hydrogens is 234 g/mol. The highest BCUT2D eigenvalue weighted by Crippen LogP contribution is 2.30.